The maximum atomic E-state index is 4.87. The summed E-state index contributed by atoms with van der Waals surface area (Å²) in [7, 11) is 0. The quantitative estimate of drug-likeness (QED) is 0.207. The molecule has 8 rings (SSSR count). The van der Waals surface area contributed by atoms with Crippen LogP contribution >= 0.6 is 11.3 Å². The van der Waals surface area contributed by atoms with Crippen LogP contribution in [0.1, 0.15) is 0 Å². The van der Waals surface area contributed by atoms with E-state index in [-0.39, 0.29) is 0 Å². The molecule has 0 saturated heterocycles. The summed E-state index contributed by atoms with van der Waals surface area (Å²) in [6.45, 7) is 0. The molecular weight excluding hydrogens is 547 g/mol. The zero-order valence-electron chi connectivity index (χ0n) is 22.9. The van der Waals surface area contributed by atoms with Crippen LogP contribution in [0.15, 0.2) is 140 Å². The van der Waals surface area contributed by atoms with E-state index in [2.05, 4.69) is 77.8 Å². The lowest BCUT2D eigenvalue weighted by Crippen LogP contribution is -2.00. The van der Waals surface area contributed by atoms with Gasteiger partial charge in [-0.2, -0.15) is 0 Å². The van der Waals surface area contributed by atoms with Gasteiger partial charge in [-0.05, 0) is 23.3 Å². The maximum Gasteiger partial charge on any atom is 0.164 e. The van der Waals surface area contributed by atoms with Crippen LogP contribution in [0.25, 0.3) is 76.9 Å². The average molecular weight is 570 g/mol. The Labute approximate surface area is 252 Å². The zero-order valence-corrected chi connectivity index (χ0v) is 23.7. The third kappa shape index (κ3) is 4.74. The Hall–Kier alpha value is -5.59. The highest BCUT2D eigenvalue weighted by atomic mass is 32.1. The maximum absolute atomic E-state index is 4.87. The summed E-state index contributed by atoms with van der Waals surface area (Å²) in [5, 5.41) is 1.17. The first kappa shape index (κ1) is 25.1. The Morgan fingerprint density at radius 2 is 0.953 bits per heavy atom. The minimum absolute atomic E-state index is 0.640. The molecule has 3 aromatic heterocycles. The molecular formula is C37H23N5S. The molecule has 0 aliphatic rings. The Kier molecular flexibility index (Phi) is 6.24. The van der Waals surface area contributed by atoms with E-state index in [1.54, 1.807) is 17.7 Å². The van der Waals surface area contributed by atoms with Crippen LogP contribution in [0.5, 0.6) is 0 Å². The molecule has 0 radical (unpaired) electrons. The van der Waals surface area contributed by atoms with Crippen molar-refractivity contribution in [2.24, 2.45) is 0 Å². The van der Waals surface area contributed by atoms with Crippen molar-refractivity contribution in [3.63, 3.8) is 0 Å². The Morgan fingerprint density at radius 1 is 0.419 bits per heavy atom. The number of benzene rings is 5. The van der Waals surface area contributed by atoms with Gasteiger partial charge in [0, 0.05) is 32.3 Å². The van der Waals surface area contributed by atoms with Crippen molar-refractivity contribution in [1.29, 1.82) is 0 Å². The highest BCUT2D eigenvalue weighted by Crippen LogP contribution is 2.38. The van der Waals surface area contributed by atoms with Gasteiger partial charge in [0.25, 0.3) is 0 Å². The van der Waals surface area contributed by atoms with Gasteiger partial charge in [0.05, 0.1) is 15.9 Å². The summed E-state index contributed by atoms with van der Waals surface area (Å²) < 4.78 is 2.32. The predicted octanol–water partition coefficient (Wildman–Crippen LogP) is 9.36. The van der Waals surface area contributed by atoms with E-state index in [4.69, 9.17) is 19.9 Å². The molecule has 3 heterocycles. The van der Waals surface area contributed by atoms with Gasteiger partial charge in [0.1, 0.15) is 6.33 Å². The van der Waals surface area contributed by atoms with Gasteiger partial charge in [-0.1, -0.05) is 121 Å². The SMILES string of the molecule is c1ccc(-c2nc(-c3ccccc3)nc(-c3ccc(-c4cccc(-c5ncnc6c5sc5ccccc56)c4)cc3)n2)cc1. The number of hydrogen-bond donors (Lipinski definition) is 0. The molecule has 8 aromatic rings. The molecule has 0 spiro atoms. The molecule has 0 fully saturated rings. The minimum atomic E-state index is 0.640. The minimum Gasteiger partial charge on any atom is -0.235 e. The third-order valence-electron chi connectivity index (χ3n) is 7.47. The first-order chi connectivity index (χ1) is 21.3. The van der Waals surface area contributed by atoms with Crippen molar-refractivity contribution in [2.45, 2.75) is 0 Å². The van der Waals surface area contributed by atoms with Gasteiger partial charge in [0.15, 0.2) is 17.5 Å². The van der Waals surface area contributed by atoms with Gasteiger partial charge in [-0.3, -0.25) is 0 Å². The lowest BCUT2D eigenvalue weighted by molar-refractivity contribution is 1.07. The third-order valence-corrected chi connectivity index (χ3v) is 8.64. The van der Waals surface area contributed by atoms with Gasteiger partial charge < -0.3 is 0 Å². The van der Waals surface area contributed by atoms with E-state index in [0.717, 1.165) is 49.3 Å². The Balaban J connectivity index is 1.17. The highest BCUT2D eigenvalue weighted by molar-refractivity contribution is 7.26. The fourth-order valence-corrected chi connectivity index (χ4v) is 6.49. The molecule has 0 aliphatic carbocycles. The molecule has 0 N–H and O–H groups in total. The second-order valence-electron chi connectivity index (χ2n) is 10.2. The number of fused-ring (bicyclic) bond motifs is 3. The molecule has 0 aliphatic heterocycles. The van der Waals surface area contributed by atoms with Crippen LogP contribution in [0.3, 0.4) is 0 Å². The normalized spacial score (nSPS) is 11.3. The Bertz CT molecular complexity index is 2170. The first-order valence-electron chi connectivity index (χ1n) is 14.0. The average Bonchev–Trinajstić information content (AvgIpc) is 3.48. The summed E-state index contributed by atoms with van der Waals surface area (Å²) >= 11 is 1.74. The van der Waals surface area contributed by atoms with E-state index in [1.165, 1.54) is 10.1 Å². The van der Waals surface area contributed by atoms with Crippen LogP contribution < -0.4 is 0 Å². The van der Waals surface area contributed by atoms with Gasteiger partial charge in [0.2, 0.25) is 0 Å². The topological polar surface area (TPSA) is 64.5 Å². The first-order valence-corrected chi connectivity index (χ1v) is 14.8. The zero-order chi connectivity index (χ0) is 28.6. The van der Waals surface area contributed by atoms with Crippen molar-refractivity contribution in [3.05, 3.63) is 140 Å². The van der Waals surface area contributed by atoms with Crippen molar-refractivity contribution in [1.82, 2.24) is 24.9 Å². The number of nitrogens with zero attached hydrogens (tertiary/aromatic N) is 5. The van der Waals surface area contributed by atoms with E-state index in [1.807, 2.05) is 60.7 Å². The van der Waals surface area contributed by atoms with Crippen molar-refractivity contribution in [2.75, 3.05) is 0 Å². The van der Waals surface area contributed by atoms with Crippen LogP contribution in [-0.4, -0.2) is 24.9 Å². The molecule has 0 amide bonds. The standard InChI is InChI=1S/C37H23N5S/c1-3-10-25(11-4-1)35-40-36(26-12-5-2-6-13-26)42-37(41-35)27-20-18-24(19-21-27)28-14-9-15-29(22-28)32-34-33(39-23-38-32)30-16-7-8-17-31(30)43-34/h1-23H. The van der Waals surface area contributed by atoms with Gasteiger partial charge in [-0.25, -0.2) is 24.9 Å². The van der Waals surface area contributed by atoms with Gasteiger partial charge >= 0.3 is 0 Å². The van der Waals surface area contributed by atoms with Crippen molar-refractivity contribution >= 4 is 31.6 Å². The largest absolute Gasteiger partial charge is 0.235 e. The second-order valence-corrected chi connectivity index (χ2v) is 11.2. The fourth-order valence-electron chi connectivity index (χ4n) is 5.32. The lowest BCUT2D eigenvalue weighted by atomic mass is 10.00. The van der Waals surface area contributed by atoms with Crippen molar-refractivity contribution < 1.29 is 0 Å². The summed E-state index contributed by atoms with van der Waals surface area (Å²) in [5.41, 5.74) is 8.08. The summed E-state index contributed by atoms with van der Waals surface area (Å²) in [6.07, 6.45) is 1.67. The Morgan fingerprint density at radius 3 is 1.63 bits per heavy atom. The van der Waals surface area contributed by atoms with Crippen LogP contribution in [0.2, 0.25) is 0 Å². The number of rotatable bonds is 5. The summed E-state index contributed by atoms with van der Waals surface area (Å²) in [5.74, 6) is 1.94. The lowest BCUT2D eigenvalue weighted by Gasteiger charge is -2.10. The second kappa shape index (κ2) is 10.7. The summed E-state index contributed by atoms with van der Waals surface area (Å²) in [4.78, 5) is 23.9. The highest BCUT2D eigenvalue weighted by Gasteiger charge is 2.15. The van der Waals surface area contributed by atoms with Crippen molar-refractivity contribution in [3.8, 4) is 56.5 Å². The van der Waals surface area contributed by atoms with E-state index < -0.39 is 0 Å². The number of hydrogen-bond acceptors (Lipinski definition) is 6. The van der Waals surface area contributed by atoms with Crippen LogP contribution in [0.4, 0.5) is 0 Å². The van der Waals surface area contributed by atoms with Gasteiger partial charge in [-0.15, -0.1) is 11.3 Å². The molecule has 0 atom stereocenters. The molecule has 202 valence electrons. The molecule has 5 aromatic carbocycles. The molecule has 0 unspecified atom stereocenters. The molecule has 0 saturated carbocycles. The smallest absolute Gasteiger partial charge is 0.164 e. The number of thiophene rings is 1. The molecule has 0 bridgehead atoms. The van der Waals surface area contributed by atoms with Crippen LogP contribution in [0, 0.1) is 0 Å². The fraction of sp³-hybridized carbons (Fsp3) is 0. The van der Waals surface area contributed by atoms with E-state index in [0.29, 0.717) is 17.5 Å². The predicted molar refractivity (Wildman–Crippen MR) is 175 cm³/mol. The van der Waals surface area contributed by atoms with E-state index in [9.17, 15) is 0 Å². The van der Waals surface area contributed by atoms with Crippen LogP contribution in [-0.2, 0) is 0 Å². The number of aromatic nitrogens is 5. The monoisotopic (exact) mass is 569 g/mol. The molecule has 43 heavy (non-hydrogen) atoms. The van der Waals surface area contributed by atoms with E-state index >= 15 is 0 Å². The summed E-state index contributed by atoms with van der Waals surface area (Å²) in [6, 6.07) is 45.4. The molecule has 6 heteroatoms. The molecule has 5 nitrogen and oxygen atoms in total.